The Bertz CT molecular complexity index is 1070. The number of para-hydroxylation sites is 1. The molecule has 4 atom stereocenters. The van der Waals surface area contributed by atoms with Crippen molar-refractivity contribution in [2.45, 2.75) is 36.9 Å². The van der Waals surface area contributed by atoms with Crippen molar-refractivity contribution in [1.82, 2.24) is 4.90 Å². The molecular weight excluding hydrogens is 432 g/mol. The molecule has 0 saturated carbocycles. The molecule has 1 N–H and O–H groups in total. The van der Waals surface area contributed by atoms with Gasteiger partial charge in [-0.1, -0.05) is 54.6 Å². The van der Waals surface area contributed by atoms with Crippen LogP contribution >= 0.6 is 0 Å². The zero-order valence-electron chi connectivity index (χ0n) is 19.5. The maximum absolute atomic E-state index is 13.6. The van der Waals surface area contributed by atoms with Gasteiger partial charge in [0.15, 0.2) is 0 Å². The van der Waals surface area contributed by atoms with E-state index in [1.54, 1.807) is 0 Å². The lowest BCUT2D eigenvalue weighted by Gasteiger charge is -2.47. The second kappa shape index (κ2) is 8.82. The predicted molar refractivity (Wildman–Crippen MR) is 132 cm³/mol. The minimum absolute atomic E-state index is 0.00678. The average molecular weight is 465 g/mol. The number of hydrogen-bond acceptors (Lipinski definition) is 5. The Balaban J connectivity index is 1.64. The monoisotopic (exact) mass is 464 g/mol. The molecule has 1 fully saturated rings. The van der Waals surface area contributed by atoms with Crippen molar-refractivity contribution in [2.24, 2.45) is 5.92 Å². The summed E-state index contributed by atoms with van der Waals surface area (Å²) in [5, 5.41) is 17.2. The maximum Gasteiger partial charge on any atom is 0.335 e. The van der Waals surface area contributed by atoms with Crippen LogP contribution in [0.1, 0.15) is 24.0 Å². The van der Waals surface area contributed by atoms with Gasteiger partial charge in [-0.2, -0.15) is 0 Å². The Morgan fingerprint density at radius 1 is 1.21 bits per heavy atom. The quantitative estimate of drug-likeness (QED) is 0.526. The molecular formula is C27H32N2O3S. The summed E-state index contributed by atoms with van der Waals surface area (Å²) >= 11 is 0. The Hall–Kier alpha value is -2.28. The summed E-state index contributed by atoms with van der Waals surface area (Å²) in [6, 6.07) is 19.1. The number of esters is 1. The standard InChI is InChI=1S/C27H32N2O3S/c1-32-26(31)24-19(22(30)17-33(2)3)15-23-27(20-11-7-8-12-21(20)28-25(24)27)13-14-29(23)16-18-9-5-4-6-10-18/h4-12,19,22-23,28H,13-17H2,1-3H3/t19-,22-,23-,27+/m0/s1. The van der Waals surface area contributed by atoms with Crippen LogP contribution in [-0.2, 0) is 32.4 Å². The molecule has 174 valence electrons. The van der Waals surface area contributed by atoms with Crippen LogP contribution in [0.5, 0.6) is 0 Å². The molecule has 2 aromatic rings. The first-order chi connectivity index (χ1) is 16.0. The van der Waals surface area contributed by atoms with Crippen molar-refractivity contribution >= 4 is 22.6 Å². The highest BCUT2D eigenvalue weighted by atomic mass is 32.2. The fourth-order valence-corrected chi connectivity index (χ4v) is 7.17. The zero-order valence-corrected chi connectivity index (χ0v) is 20.4. The van der Waals surface area contributed by atoms with E-state index in [-0.39, 0.29) is 34.2 Å². The highest BCUT2D eigenvalue weighted by Crippen LogP contribution is 2.59. The number of methoxy groups -OCH3 is 1. The van der Waals surface area contributed by atoms with Crippen LogP contribution in [0, 0.1) is 5.92 Å². The van der Waals surface area contributed by atoms with E-state index in [9.17, 15) is 9.90 Å². The molecule has 6 heteroatoms. The Morgan fingerprint density at radius 2 is 1.94 bits per heavy atom. The number of benzene rings is 2. The van der Waals surface area contributed by atoms with Gasteiger partial charge in [-0.15, -0.1) is 0 Å². The molecule has 0 unspecified atom stereocenters. The maximum atomic E-state index is 13.6. The molecule has 0 aromatic heterocycles. The molecule has 0 bridgehead atoms. The van der Waals surface area contributed by atoms with Gasteiger partial charge >= 0.3 is 5.97 Å². The van der Waals surface area contributed by atoms with E-state index in [1.807, 2.05) is 12.1 Å². The number of anilines is 1. The van der Waals surface area contributed by atoms with Crippen LogP contribution in [-0.4, -0.2) is 54.9 Å². The van der Waals surface area contributed by atoms with Crippen molar-refractivity contribution in [2.75, 3.05) is 37.2 Å². The number of carbonyl (C=O) groups excluding carboxylic acids is 1. The molecule has 1 aliphatic carbocycles. The van der Waals surface area contributed by atoms with Gasteiger partial charge in [0.25, 0.3) is 0 Å². The highest BCUT2D eigenvalue weighted by molar-refractivity contribution is 7.95. The smallest absolute Gasteiger partial charge is 0.335 e. The SMILES string of the molecule is COC(=O)C1=C2Nc3ccccc3[C@@]23CCN(Cc2ccccc2)[C@H]3C[C@H]1[C@@H]([O-])C[S+](C)C. The van der Waals surface area contributed by atoms with Crippen LogP contribution in [0.3, 0.4) is 0 Å². The van der Waals surface area contributed by atoms with Gasteiger partial charge in [0.2, 0.25) is 0 Å². The molecule has 2 aromatic carbocycles. The molecule has 33 heavy (non-hydrogen) atoms. The third-order valence-corrected chi connectivity index (χ3v) is 8.61. The summed E-state index contributed by atoms with van der Waals surface area (Å²) in [5.74, 6) is -0.148. The van der Waals surface area contributed by atoms with E-state index in [2.05, 4.69) is 65.2 Å². The van der Waals surface area contributed by atoms with Crippen LogP contribution in [0.15, 0.2) is 65.9 Å². The fraction of sp³-hybridized carbons (Fsp3) is 0.444. The van der Waals surface area contributed by atoms with Crippen molar-refractivity contribution in [3.05, 3.63) is 77.0 Å². The number of ether oxygens (including phenoxy) is 1. The summed E-state index contributed by atoms with van der Waals surface area (Å²) in [6.45, 7) is 1.77. The molecule has 2 aliphatic heterocycles. The van der Waals surface area contributed by atoms with Gasteiger partial charge < -0.3 is 15.2 Å². The second-order valence-electron chi connectivity index (χ2n) is 9.68. The Kier molecular flexibility index (Phi) is 6.02. The van der Waals surface area contributed by atoms with Crippen LogP contribution < -0.4 is 10.4 Å². The zero-order chi connectivity index (χ0) is 23.2. The minimum Gasteiger partial charge on any atom is -0.848 e. The average Bonchev–Trinajstić information content (AvgIpc) is 3.34. The second-order valence-corrected chi connectivity index (χ2v) is 12.0. The summed E-state index contributed by atoms with van der Waals surface area (Å²) in [6.07, 6.45) is 4.98. The normalized spacial score (nSPS) is 27.1. The third kappa shape index (κ3) is 3.69. The van der Waals surface area contributed by atoms with E-state index in [0.29, 0.717) is 17.7 Å². The van der Waals surface area contributed by atoms with E-state index >= 15 is 0 Å². The molecule has 1 spiro atoms. The van der Waals surface area contributed by atoms with Crippen molar-refractivity contribution in [1.29, 1.82) is 0 Å². The molecule has 5 rings (SSSR count). The lowest BCUT2D eigenvalue weighted by Crippen LogP contribution is -2.53. The number of rotatable bonds is 6. The first kappa shape index (κ1) is 22.5. The van der Waals surface area contributed by atoms with Crippen molar-refractivity contribution in [3.63, 3.8) is 0 Å². The lowest BCUT2D eigenvalue weighted by atomic mass is 9.63. The Morgan fingerprint density at radius 3 is 2.67 bits per heavy atom. The number of carbonyl (C=O) groups is 1. The topological polar surface area (TPSA) is 64.6 Å². The van der Waals surface area contributed by atoms with E-state index < -0.39 is 6.10 Å². The molecule has 5 nitrogen and oxygen atoms in total. The Labute approximate surface area is 199 Å². The fourth-order valence-electron chi connectivity index (χ4n) is 6.28. The predicted octanol–water partition coefficient (Wildman–Crippen LogP) is 2.68. The molecule has 0 amide bonds. The van der Waals surface area contributed by atoms with E-state index in [4.69, 9.17) is 4.74 Å². The molecule has 3 aliphatic rings. The number of hydrogen-bond donors (Lipinski definition) is 1. The number of nitrogens with one attached hydrogen (secondary N) is 1. The van der Waals surface area contributed by atoms with Gasteiger partial charge in [0.1, 0.15) is 0 Å². The molecule has 0 radical (unpaired) electrons. The summed E-state index contributed by atoms with van der Waals surface area (Å²) < 4.78 is 5.26. The van der Waals surface area contributed by atoms with Crippen LogP contribution in [0.4, 0.5) is 5.69 Å². The third-order valence-electron chi connectivity index (χ3n) is 7.61. The van der Waals surface area contributed by atoms with Gasteiger partial charge in [-0.25, -0.2) is 4.79 Å². The minimum atomic E-state index is -0.826. The van der Waals surface area contributed by atoms with Crippen LogP contribution in [0.2, 0.25) is 0 Å². The first-order valence-electron chi connectivity index (χ1n) is 11.6. The number of likely N-dealkylation sites (tertiary alicyclic amines) is 1. The van der Waals surface area contributed by atoms with E-state index in [0.717, 1.165) is 30.9 Å². The van der Waals surface area contributed by atoms with Crippen molar-refractivity contribution < 1.29 is 14.6 Å². The van der Waals surface area contributed by atoms with Crippen LogP contribution in [0.25, 0.3) is 0 Å². The summed E-state index contributed by atoms with van der Waals surface area (Å²) in [5.41, 5.74) is 4.77. The van der Waals surface area contributed by atoms with E-state index in [1.165, 1.54) is 18.2 Å². The number of fused-ring (bicyclic) bond motifs is 1. The van der Waals surface area contributed by atoms with Gasteiger partial charge in [0, 0.05) is 30.5 Å². The highest BCUT2D eigenvalue weighted by Gasteiger charge is 2.60. The van der Waals surface area contributed by atoms with Gasteiger partial charge in [0.05, 0.1) is 36.4 Å². The largest absolute Gasteiger partial charge is 0.848 e. The number of nitrogens with zero attached hydrogens (tertiary/aromatic N) is 1. The van der Waals surface area contributed by atoms with Gasteiger partial charge in [-0.3, -0.25) is 4.90 Å². The molecule has 1 saturated heterocycles. The summed E-state index contributed by atoms with van der Waals surface area (Å²) in [4.78, 5) is 15.7. The van der Waals surface area contributed by atoms with Crippen molar-refractivity contribution in [3.8, 4) is 0 Å². The van der Waals surface area contributed by atoms with Gasteiger partial charge in [-0.05, 0) is 46.8 Å². The summed E-state index contributed by atoms with van der Waals surface area (Å²) in [7, 11) is 1.43. The molecule has 2 heterocycles. The lowest BCUT2D eigenvalue weighted by molar-refractivity contribution is -0.423. The first-order valence-corrected chi connectivity index (χ1v) is 13.8.